The van der Waals surface area contributed by atoms with Crippen molar-refractivity contribution in [2.24, 2.45) is 0 Å². The molecule has 2 aromatic rings. The summed E-state index contributed by atoms with van der Waals surface area (Å²) < 4.78 is 7.62. The third kappa shape index (κ3) is 2.36. The maximum atomic E-state index is 5.29. The van der Waals surface area contributed by atoms with E-state index in [9.17, 15) is 0 Å². The Bertz CT molecular complexity index is 543. The highest BCUT2D eigenvalue weighted by molar-refractivity contribution is 5.85. The number of rotatable bonds is 4. The topological polar surface area (TPSA) is 17.4 Å². The molecule has 0 radical (unpaired) electrons. The second-order valence-corrected chi connectivity index (χ2v) is 5.16. The monoisotopic (exact) mass is 246 g/mol. The zero-order valence-corrected chi connectivity index (χ0v) is 11.9. The summed E-state index contributed by atoms with van der Waals surface area (Å²) in [5.41, 5.74) is 2.58. The van der Waals surface area contributed by atoms with E-state index in [1.165, 1.54) is 16.5 Å². The van der Waals surface area contributed by atoms with Crippen molar-refractivity contribution in [1.82, 2.24) is 9.47 Å². The maximum absolute atomic E-state index is 5.29. The van der Waals surface area contributed by atoms with Gasteiger partial charge in [-0.2, -0.15) is 0 Å². The molecule has 1 atom stereocenters. The molecule has 2 rings (SSSR count). The van der Waals surface area contributed by atoms with Crippen LogP contribution in [0, 0.1) is 6.92 Å². The van der Waals surface area contributed by atoms with E-state index >= 15 is 0 Å². The van der Waals surface area contributed by atoms with Crippen LogP contribution in [0.2, 0.25) is 0 Å². The highest BCUT2D eigenvalue weighted by Crippen LogP contribution is 2.25. The predicted octanol–water partition coefficient (Wildman–Crippen LogP) is 2.91. The molecule has 0 aliphatic carbocycles. The Kier molecular flexibility index (Phi) is 3.62. The van der Waals surface area contributed by atoms with Gasteiger partial charge in [0.1, 0.15) is 5.75 Å². The van der Waals surface area contributed by atoms with E-state index in [-0.39, 0.29) is 0 Å². The number of hydrogen-bond donors (Lipinski definition) is 0. The summed E-state index contributed by atoms with van der Waals surface area (Å²) in [6.07, 6.45) is 2.23. The number of likely N-dealkylation sites (N-methyl/N-ethyl adjacent to an activating group) is 1. The first-order valence-corrected chi connectivity index (χ1v) is 6.33. The number of fused-ring (bicyclic) bond motifs is 1. The molecule has 3 nitrogen and oxygen atoms in total. The van der Waals surface area contributed by atoms with E-state index in [2.05, 4.69) is 55.7 Å². The van der Waals surface area contributed by atoms with Crippen molar-refractivity contribution in [3.05, 3.63) is 30.0 Å². The molecular weight excluding hydrogens is 224 g/mol. The fourth-order valence-electron chi connectivity index (χ4n) is 2.18. The van der Waals surface area contributed by atoms with Gasteiger partial charge in [0, 0.05) is 29.7 Å². The van der Waals surface area contributed by atoms with Crippen LogP contribution < -0.4 is 4.74 Å². The van der Waals surface area contributed by atoms with Gasteiger partial charge in [0.25, 0.3) is 0 Å². The van der Waals surface area contributed by atoms with Gasteiger partial charge in [0.2, 0.25) is 0 Å². The lowest BCUT2D eigenvalue weighted by Crippen LogP contribution is -2.28. The average Bonchev–Trinajstić information content (AvgIpc) is 2.65. The van der Waals surface area contributed by atoms with Gasteiger partial charge in [-0.1, -0.05) is 0 Å². The zero-order valence-electron chi connectivity index (χ0n) is 11.9. The highest BCUT2D eigenvalue weighted by Gasteiger charge is 2.10. The number of nitrogens with zero attached hydrogens (tertiary/aromatic N) is 2. The van der Waals surface area contributed by atoms with E-state index in [1.54, 1.807) is 7.11 Å². The predicted molar refractivity (Wildman–Crippen MR) is 76.4 cm³/mol. The van der Waals surface area contributed by atoms with Crippen LogP contribution in [-0.2, 0) is 6.54 Å². The zero-order chi connectivity index (χ0) is 13.3. The van der Waals surface area contributed by atoms with Crippen LogP contribution in [-0.4, -0.2) is 36.7 Å². The molecule has 98 valence electrons. The van der Waals surface area contributed by atoms with Gasteiger partial charge in [-0.3, -0.25) is 0 Å². The van der Waals surface area contributed by atoms with Crippen LogP contribution in [0.5, 0.6) is 5.75 Å². The summed E-state index contributed by atoms with van der Waals surface area (Å²) >= 11 is 0. The number of aryl methyl sites for hydroxylation is 1. The summed E-state index contributed by atoms with van der Waals surface area (Å²) in [5, 5.41) is 1.28. The summed E-state index contributed by atoms with van der Waals surface area (Å²) in [6.45, 7) is 5.40. The van der Waals surface area contributed by atoms with Crippen molar-refractivity contribution < 1.29 is 4.74 Å². The lowest BCUT2D eigenvalue weighted by molar-refractivity contribution is 0.286. The Hall–Kier alpha value is -1.48. The van der Waals surface area contributed by atoms with Crippen molar-refractivity contribution >= 4 is 10.9 Å². The van der Waals surface area contributed by atoms with Gasteiger partial charge in [-0.15, -0.1) is 0 Å². The summed E-state index contributed by atoms with van der Waals surface area (Å²) in [4.78, 5) is 2.24. The lowest BCUT2D eigenvalue weighted by atomic mass is 10.2. The normalized spacial score (nSPS) is 13.2. The van der Waals surface area contributed by atoms with Gasteiger partial charge in [0.15, 0.2) is 0 Å². The Morgan fingerprint density at radius 3 is 2.67 bits per heavy atom. The van der Waals surface area contributed by atoms with E-state index < -0.39 is 0 Å². The molecule has 0 amide bonds. The molecule has 1 aromatic carbocycles. The van der Waals surface area contributed by atoms with Crippen molar-refractivity contribution in [3.63, 3.8) is 0 Å². The molecule has 0 saturated carbocycles. The average molecular weight is 246 g/mol. The van der Waals surface area contributed by atoms with Gasteiger partial charge < -0.3 is 14.2 Å². The fraction of sp³-hybridized carbons (Fsp3) is 0.467. The van der Waals surface area contributed by atoms with Crippen molar-refractivity contribution in [2.45, 2.75) is 26.4 Å². The molecule has 0 aliphatic heterocycles. The quantitative estimate of drug-likeness (QED) is 0.825. The van der Waals surface area contributed by atoms with Crippen LogP contribution in [0.3, 0.4) is 0 Å². The Morgan fingerprint density at radius 1 is 1.33 bits per heavy atom. The summed E-state index contributed by atoms with van der Waals surface area (Å²) in [5.74, 6) is 0.920. The Morgan fingerprint density at radius 2 is 2.06 bits per heavy atom. The summed E-state index contributed by atoms with van der Waals surface area (Å²) in [6, 6.07) is 6.80. The van der Waals surface area contributed by atoms with Crippen LogP contribution in [0.25, 0.3) is 10.9 Å². The van der Waals surface area contributed by atoms with E-state index in [4.69, 9.17) is 4.74 Å². The number of ether oxygens (including phenoxy) is 1. The highest BCUT2D eigenvalue weighted by atomic mass is 16.5. The second kappa shape index (κ2) is 5.02. The minimum absolute atomic E-state index is 0.516. The smallest absolute Gasteiger partial charge is 0.119 e. The maximum Gasteiger partial charge on any atom is 0.119 e. The van der Waals surface area contributed by atoms with Crippen LogP contribution in [0.1, 0.15) is 12.5 Å². The first-order valence-electron chi connectivity index (χ1n) is 6.33. The van der Waals surface area contributed by atoms with Gasteiger partial charge in [-0.05, 0) is 51.7 Å². The Balaban J connectivity index is 2.41. The van der Waals surface area contributed by atoms with Crippen molar-refractivity contribution in [2.75, 3.05) is 21.2 Å². The van der Waals surface area contributed by atoms with Gasteiger partial charge in [0.05, 0.1) is 7.11 Å². The minimum atomic E-state index is 0.516. The fourth-order valence-corrected chi connectivity index (χ4v) is 2.18. The lowest BCUT2D eigenvalue weighted by Gasteiger charge is -2.20. The number of aromatic nitrogens is 1. The molecule has 0 spiro atoms. The minimum Gasteiger partial charge on any atom is -0.497 e. The van der Waals surface area contributed by atoms with Crippen LogP contribution in [0.15, 0.2) is 24.4 Å². The molecule has 0 fully saturated rings. The first kappa shape index (κ1) is 13.0. The number of benzene rings is 1. The van der Waals surface area contributed by atoms with Crippen molar-refractivity contribution in [3.8, 4) is 5.75 Å². The standard InChI is InChI=1S/C15H22N2O/c1-11-9-17(10-12(2)16(3)4)15-7-6-13(18-5)8-14(11)15/h6-9,12H,10H2,1-5H3. The van der Waals surface area contributed by atoms with E-state index in [1.807, 2.05) is 6.07 Å². The van der Waals surface area contributed by atoms with E-state index in [0.29, 0.717) is 6.04 Å². The second-order valence-electron chi connectivity index (χ2n) is 5.16. The molecule has 0 bridgehead atoms. The molecule has 3 heteroatoms. The molecule has 1 heterocycles. The summed E-state index contributed by atoms with van der Waals surface area (Å²) in [7, 11) is 5.94. The first-order chi connectivity index (χ1) is 8.52. The SMILES string of the molecule is COc1ccc2c(c1)c(C)cn2CC(C)N(C)C. The third-order valence-electron chi connectivity index (χ3n) is 3.63. The molecule has 0 N–H and O–H groups in total. The molecule has 1 unspecified atom stereocenters. The molecule has 1 aromatic heterocycles. The number of hydrogen-bond acceptors (Lipinski definition) is 2. The van der Waals surface area contributed by atoms with Crippen LogP contribution in [0.4, 0.5) is 0 Å². The third-order valence-corrected chi connectivity index (χ3v) is 3.63. The number of methoxy groups -OCH3 is 1. The van der Waals surface area contributed by atoms with Crippen LogP contribution >= 0.6 is 0 Å². The Labute approximate surface area is 109 Å². The van der Waals surface area contributed by atoms with E-state index in [0.717, 1.165) is 12.3 Å². The molecule has 18 heavy (non-hydrogen) atoms. The van der Waals surface area contributed by atoms with Crippen molar-refractivity contribution in [1.29, 1.82) is 0 Å². The molecule has 0 aliphatic rings. The van der Waals surface area contributed by atoms with Gasteiger partial charge >= 0.3 is 0 Å². The largest absolute Gasteiger partial charge is 0.497 e. The molecule has 0 saturated heterocycles. The van der Waals surface area contributed by atoms with Gasteiger partial charge in [-0.25, -0.2) is 0 Å². The molecular formula is C15H22N2O.